The number of aliphatic hydroxyl groups is 1. The fraction of sp³-hybridized carbons (Fsp3) is 1.00. The van der Waals surface area contributed by atoms with Crippen LogP contribution in [-0.4, -0.2) is 10.7 Å². The van der Waals surface area contributed by atoms with Crippen LogP contribution in [0.25, 0.3) is 0 Å². The van der Waals surface area contributed by atoms with Crippen molar-refractivity contribution in [3.63, 3.8) is 0 Å². The average molecular weight is 184 g/mol. The van der Waals surface area contributed by atoms with Crippen LogP contribution in [0.4, 0.5) is 0 Å². The van der Waals surface area contributed by atoms with Crippen LogP contribution in [0.2, 0.25) is 0 Å². The highest BCUT2D eigenvalue weighted by atomic mass is 16.3. The van der Waals surface area contributed by atoms with Gasteiger partial charge in [0.2, 0.25) is 0 Å². The van der Waals surface area contributed by atoms with E-state index in [0.29, 0.717) is 5.92 Å². The quantitative estimate of drug-likeness (QED) is 0.713. The molecular weight excluding hydrogens is 160 g/mol. The summed E-state index contributed by atoms with van der Waals surface area (Å²) >= 11 is 0. The smallest absolute Gasteiger partial charge is 0.0670 e. The van der Waals surface area contributed by atoms with Crippen LogP contribution in [0.5, 0.6) is 0 Å². The third-order valence-corrected chi connectivity index (χ3v) is 3.92. The Kier molecular flexibility index (Phi) is 3.78. The van der Waals surface area contributed by atoms with E-state index in [-0.39, 0.29) is 5.60 Å². The minimum atomic E-state index is -0.366. The monoisotopic (exact) mass is 184 g/mol. The molecule has 2 atom stereocenters. The fourth-order valence-electron chi connectivity index (χ4n) is 2.75. The third kappa shape index (κ3) is 2.46. The van der Waals surface area contributed by atoms with Gasteiger partial charge >= 0.3 is 0 Å². The number of hydrogen-bond acceptors (Lipinski definition) is 1. The lowest BCUT2D eigenvalue weighted by molar-refractivity contribution is -0.0462. The molecule has 1 N–H and O–H groups in total. The number of hydrogen-bond donors (Lipinski definition) is 1. The fourth-order valence-corrected chi connectivity index (χ4v) is 2.75. The van der Waals surface area contributed by atoms with Gasteiger partial charge in [-0.1, -0.05) is 33.6 Å². The molecule has 1 rings (SSSR count). The molecule has 1 nitrogen and oxygen atoms in total. The van der Waals surface area contributed by atoms with Gasteiger partial charge in [-0.15, -0.1) is 0 Å². The topological polar surface area (TPSA) is 20.2 Å². The highest BCUT2D eigenvalue weighted by Crippen LogP contribution is 2.38. The Bertz CT molecular complexity index is 149. The summed E-state index contributed by atoms with van der Waals surface area (Å²) in [7, 11) is 0. The molecule has 0 aromatic rings. The molecule has 0 amide bonds. The molecule has 1 fully saturated rings. The minimum absolute atomic E-state index is 0.366. The Labute approximate surface area is 82.5 Å². The standard InChI is InChI=1S/C12H24O/c1-4-12(13,5-2)11-8-6-7-10(3)9-11/h10-11,13H,4-9H2,1-3H3. The second-order valence-electron chi connectivity index (χ2n) is 4.78. The van der Waals surface area contributed by atoms with Crippen molar-refractivity contribution in [2.24, 2.45) is 11.8 Å². The van der Waals surface area contributed by atoms with Gasteiger partial charge in [0.25, 0.3) is 0 Å². The second-order valence-corrected chi connectivity index (χ2v) is 4.78. The molecule has 0 aromatic carbocycles. The van der Waals surface area contributed by atoms with Crippen molar-refractivity contribution < 1.29 is 5.11 Å². The van der Waals surface area contributed by atoms with Crippen LogP contribution >= 0.6 is 0 Å². The third-order valence-electron chi connectivity index (χ3n) is 3.92. The normalized spacial score (nSPS) is 30.5. The molecule has 78 valence electrons. The van der Waals surface area contributed by atoms with Crippen LogP contribution in [-0.2, 0) is 0 Å². The molecule has 2 unspecified atom stereocenters. The van der Waals surface area contributed by atoms with Gasteiger partial charge in [-0.05, 0) is 37.5 Å². The SMILES string of the molecule is CCC(O)(CC)C1CCCC(C)C1. The Morgan fingerprint density at radius 1 is 1.23 bits per heavy atom. The Balaban J connectivity index is 2.57. The first-order valence-corrected chi connectivity index (χ1v) is 5.84. The summed E-state index contributed by atoms with van der Waals surface area (Å²) in [6.45, 7) is 6.55. The first-order valence-electron chi connectivity index (χ1n) is 5.84. The zero-order valence-corrected chi connectivity index (χ0v) is 9.34. The summed E-state index contributed by atoms with van der Waals surface area (Å²) < 4.78 is 0. The Hall–Kier alpha value is -0.0400. The first kappa shape index (κ1) is 11.0. The maximum atomic E-state index is 10.4. The Morgan fingerprint density at radius 2 is 1.85 bits per heavy atom. The van der Waals surface area contributed by atoms with Gasteiger partial charge in [0.05, 0.1) is 5.60 Å². The van der Waals surface area contributed by atoms with E-state index in [1.54, 1.807) is 0 Å². The van der Waals surface area contributed by atoms with E-state index in [4.69, 9.17) is 0 Å². The van der Waals surface area contributed by atoms with E-state index in [9.17, 15) is 5.11 Å². The molecule has 1 saturated carbocycles. The number of rotatable bonds is 3. The summed E-state index contributed by atoms with van der Waals surface area (Å²) in [4.78, 5) is 0. The predicted molar refractivity (Wildman–Crippen MR) is 56.7 cm³/mol. The minimum Gasteiger partial charge on any atom is -0.390 e. The van der Waals surface area contributed by atoms with Crippen molar-refractivity contribution in [3.05, 3.63) is 0 Å². The van der Waals surface area contributed by atoms with Crippen LogP contribution in [0.1, 0.15) is 59.3 Å². The van der Waals surface area contributed by atoms with Crippen LogP contribution in [0, 0.1) is 11.8 Å². The van der Waals surface area contributed by atoms with Crippen molar-refractivity contribution in [1.82, 2.24) is 0 Å². The van der Waals surface area contributed by atoms with E-state index in [1.807, 2.05) is 0 Å². The molecule has 1 aliphatic carbocycles. The Morgan fingerprint density at radius 3 is 2.31 bits per heavy atom. The zero-order chi connectivity index (χ0) is 9.90. The van der Waals surface area contributed by atoms with Gasteiger partial charge in [0.1, 0.15) is 0 Å². The molecule has 0 heterocycles. The van der Waals surface area contributed by atoms with Gasteiger partial charge < -0.3 is 5.11 Å². The van der Waals surface area contributed by atoms with E-state index in [0.717, 1.165) is 18.8 Å². The molecule has 0 saturated heterocycles. The summed E-state index contributed by atoms with van der Waals surface area (Å²) in [5.41, 5.74) is -0.366. The van der Waals surface area contributed by atoms with E-state index >= 15 is 0 Å². The summed E-state index contributed by atoms with van der Waals surface area (Å²) in [6.07, 6.45) is 6.98. The van der Waals surface area contributed by atoms with Crippen LogP contribution in [0.3, 0.4) is 0 Å². The largest absolute Gasteiger partial charge is 0.390 e. The van der Waals surface area contributed by atoms with Gasteiger partial charge in [0.15, 0.2) is 0 Å². The first-order chi connectivity index (χ1) is 6.12. The summed E-state index contributed by atoms with van der Waals surface area (Å²) in [5, 5.41) is 10.4. The van der Waals surface area contributed by atoms with Crippen LogP contribution in [0.15, 0.2) is 0 Å². The van der Waals surface area contributed by atoms with Crippen molar-refractivity contribution in [2.45, 2.75) is 64.9 Å². The zero-order valence-electron chi connectivity index (χ0n) is 9.34. The summed E-state index contributed by atoms with van der Waals surface area (Å²) in [5.74, 6) is 1.38. The molecule has 1 heteroatoms. The highest BCUT2D eigenvalue weighted by molar-refractivity contribution is 4.87. The van der Waals surface area contributed by atoms with Gasteiger partial charge in [-0.2, -0.15) is 0 Å². The van der Waals surface area contributed by atoms with Gasteiger partial charge in [-0.25, -0.2) is 0 Å². The molecule has 0 radical (unpaired) electrons. The lowest BCUT2D eigenvalue weighted by Gasteiger charge is -2.39. The van der Waals surface area contributed by atoms with Gasteiger partial charge in [-0.3, -0.25) is 0 Å². The molecule has 0 aromatic heterocycles. The molecule has 1 aliphatic rings. The molecular formula is C12H24O. The lowest BCUT2D eigenvalue weighted by atomic mass is 9.71. The maximum absolute atomic E-state index is 10.4. The maximum Gasteiger partial charge on any atom is 0.0670 e. The van der Waals surface area contributed by atoms with Gasteiger partial charge in [0, 0.05) is 0 Å². The average Bonchev–Trinajstić information content (AvgIpc) is 2.17. The van der Waals surface area contributed by atoms with Crippen molar-refractivity contribution >= 4 is 0 Å². The molecule has 0 bridgehead atoms. The highest BCUT2D eigenvalue weighted by Gasteiger charge is 2.35. The van der Waals surface area contributed by atoms with Crippen molar-refractivity contribution in [1.29, 1.82) is 0 Å². The van der Waals surface area contributed by atoms with E-state index in [1.165, 1.54) is 25.7 Å². The lowest BCUT2D eigenvalue weighted by Crippen LogP contribution is -2.39. The molecule has 0 aliphatic heterocycles. The van der Waals surface area contributed by atoms with E-state index in [2.05, 4.69) is 20.8 Å². The summed E-state index contributed by atoms with van der Waals surface area (Å²) in [6, 6.07) is 0. The van der Waals surface area contributed by atoms with Crippen molar-refractivity contribution in [3.8, 4) is 0 Å². The molecule has 13 heavy (non-hydrogen) atoms. The molecule has 0 spiro atoms. The van der Waals surface area contributed by atoms with Crippen LogP contribution < -0.4 is 0 Å². The van der Waals surface area contributed by atoms with E-state index < -0.39 is 0 Å². The predicted octanol–water partition coefficient (Wildman–Crippen LogP) is 3.36. The van der Waals surface area contributed by atoms with Crippen molar-refractivity contribution in [2.75, 3.05) is 0 Å². The second kappa shape index (κ2) is 4.45.